The van der Waals surface area contributed by atoms with Gasteiger partial charge in [-0.05, 0) is 19.1 Å². The van der Waals surface area contributed by atoms with Gasteiger partial charge >= 0.3 is 6.43 Å². The molecule has 0 saturated heterocycles. The Bertz CT molecular complexity index is 814. The Kier molecular flexibility index (Phi) is 4.68. The van der Waals surface area contributed by atoms with Gasteiger partial charge in [0.25, 0.3) is 5.89 Å². The maximum Gasteiger partial charge on any atom is 0.314 e. The minimum absolute atomic E-state index is 0.00613. The van der Waals surface area contributed by atoms with Crippen LogP contribution in [0.15, 0.2) is 22.6 Å². The molecule has 1 aromatic heterocycles. The smallest absolute Gasteiger partial charge is 0.314 e. The highest BCUT2D eigenvalue weighted by Gasteiger charge is 2.33. The van der Waals surface area contributed by atoms with E-state index in [1.54, 1.807) is 23.1 Å². The fourth-order valence-electron chi connectivity index (χ4n) is 2.73. The van der Waals surface area contributed by atoms with Crippen LogP contribution in [0.25, 0.3) is 11.5 Å². The molecule has 0 radical (unpaired) electrons. The number of hydrogen-bond acceptors (Lipinski definition) is 5. The highest BCUT2D eigenvalue weighted by molar-refractivity contribution is 5.82. The van der Waals surface area contributed by atoms with Crippen molar-refractivity contribution in [1.82, 2.24) is 15.1 Å². The molecule has 1 atom stereocenters. The van der Waals surface area contributed by atoms with E-state index in [0.29, 0.717) is 24.5 Å². The monoisotopic (exact) mass is 365 g/mol. The maximum atomic E-state index is 12.7. The molecular formula is C18H21F2N3O3. The molecule has 0 fully saturated rings. The van der Waals surface area contributed by atoms with Crippen molar-refractivity contribution in [3.8, 4) is 17.2 Å². The van der Waals surface area contributed by atoms with Gasteiger partial charge in [-0.1, -0.05) is 26.8 Å². The van der Waals surface area contributed by atoms with E-state index in [1.165, 1.54) is 0 Å². The molecule has 0 aliphatic carbocycles. The Labute approximate surface area is 150 Å². The zero-order chi connectivity index (χ0) is 19.1. The third kappa shape index (κ3) is 3.54. The second kappa shape index (κ2) is 6.66. The molecule has 26 heavy (non-hydrogen) atoms. The number of halogens is 2. The standard InChI is InChI=1S/C18H21F2N3O3/c1-10-9-25-13-7-11(15-21-22-16(26-15)14(19)20)5-6-12(13)8-23(10)17(24)18(2,3)4/h5-7,10,14H,8-9H2,1-4H3/t10-/m0/s1. The van der Waals surface area contributed by atoms with E-state index in [2.05, 4.69) is 10.2 Å². The number of rotatable bonds is 2. The van der Waals surface area contributed by atoms with E-state index in [9.17, 15) is 13.6 Å². The molecule has 1 aliphatic rings. The van der Waals surface area contributed by atoms with E-state index in [4.69, 9.17) is 9.15 Å². The number of ether oxygens (including phenoxy) is 1. The zero-order valence-corrected chi connectivity index (χ0v) is 15.1. The highest BCUT2D eigenvalue weighted by atomic mass is 19.3. The number of benzene rings is 1. The molecule has 2 aromatic rings. The first-order chi connectivity index (χ1) is 12.2. The van der Waals surface area contributed by atoms with Crippen LogP contribution in [-0.4, -0.2) is 33.7 Å². The van der Waals surface area contributed by atoms with E-state index >= 15 is 0 Å². The number of alkyl halides is 2. The predicted molar refractivity (Wildman–Crippen MR) is 89.7 cm³/mol. The third-order valence-electron chi connectivity index (χ3n) is 4.20. The van der Waals surface area contributed by atoms with Crippen LogP contribution in [0.1, 0.15) is 45.6 Å². The van der Waals surface area contributed by atoms with Crippen LogP contribution >= 0.6 is 0 Å². The Morgan fingerprint density at radius 2 is 2.04 bits per heavy atom. The summed E-state index contributed by atoms with van der Waals surface area (Å²) in [6.07, 6.45) is -2.81. The highest BCUT2D eigenvalue weighted by Crippen LogP contribution is 2.32. The lowest BCUT2D eigenvalue weighted by atomic mass is 9.93. The van der Waals surface area contributed by atoms with Crippen LogP contribution in [0.5, 0.6) is 5.75 Å². The van der Waals surface area contributed by atoms with E-state index in [1.807, 2.05) is 27.7 Å². The van der Waals surface area contributed by atoms with Crippen molar-refractivity contribution in [3.63, 3.8) is 0 Å². The van der Waals surface area contributed by atoms with Gasteiger partial charge in [-0.3, -0.25) is 4.79 Å². The SMILES string of the molecule is C[C@H]1COc2cc(-c3nnc(C(F)F)o3)ccc2CN1C(=O)C(C)(C)C. The largest absolute Gasteiger partial charge is 0.491 e. The Morgan fingerprint density at radius 3 is 2.65 bits per heavy atom. The molecule has 6 nitrogen and oxygen atoms in total. The van der Waals surface area contributed by atoms with Gasteiger partial charge in [0.2, 0.25) is 11.8 Å². The second-order valence-electron chi connectivity index (χ2n) is 7.41. The lowest BCUT2D eigenvalue weighted by Crippen LogP contribution is -2.45. The first kappa shape index (κ1) is 18.3. The summed E-state index contributed by atoms with van der Waals surface area (Å²) in [5.74, 6) is -0.0857. The van der Waals surface area contributed by atoms with Crippen LogP contribution in [0.3, 0.4) is 0 Å². The lowest BCUT2D eigenvalue weighted by molar-refractivity contribution is -0.142. The summed E-state index contributed by atoms with van der Waals surface area (Å²) in [6, 6.07) is 5.07. The first-order valence-electron chi connectivity index (χ1n) is 8.35. The van der Waals surface area contributed by atoms with Crippen LogP contribution in [0.2, 0.25) is 0 Å². The fourth-order valence-corrected chi connectivity index (χ4v) is 2.73. The van der Waals surface area contributed by atoms with Crippen molar-refractivity contribution in [3.05, 3.63) is 29.7 Å². The van der Waals surface area contributed by atoms with E-state index < -0.39 is 17.7 Å². The number of hydrogen-bond donors (Lipinski definition) is 0. The summed E-state index contributed by atoms with van der Waals surface area (Å²) in [5, 5.41) is 6.99. The van der Waals surface area contributed by atoms with Crippen molar-refractivity contribution in [2.75, 3.05) is 6.61 Å². The lowest BCUT2D eigenvalue weighted by Gasteiger charge is -2.32. The van der Waals surface area contributed by atoms with Gasteiger partial charge in [0.15, 0.2) is 0 Å². The van der Waals surface area contributed by atoms with Crippen molar-refractivity contribution >= 4 is 5.91 Å². The number of nitrogens with zero attached hydrogens (tertiary/aromatic N) is 3. The second-order valence-corrected chi connectivity index (χ2v) is 7.41. The average molecular weight is 365 g/mol. The molecule has 3 rings (SSSR count). The van der Waals surface area contributed by atoms with Gasteiger partial charge in [-0.25, -0.2) is 0 Å². The number of aromatic nitrogens is 2. The quantitative estimate of drug-likeness (QED) is 0.809. The van der Waals surface area contributed by atoms with Crippen molar-refractivity contribution in [1.29, 1.82) is 0 Å². The van der Waals surface area contributed by atoms with E-state index in [-0.39, 0.29) is 17.8 Å². The number of amides is 1. The molecule has 1 aromatic carbocycles. The minimum atomic E-state index is -2.81. The van der Waals surface area contributed by atoms with Gasteiger partial charge in [-0.2, -0.15) is 8.78 Å². The van der Waals surface area contributed by atoms with Crippen molar-refractivity contribution in [2.24, 2.45) is 5.41 Å². The molecule has 0 N–H and O–H groups in total. The van der Waals surface area contributed by atoms with Gasteiger partial charge in [0.05, 0.1) is 6.04 Å². The zero-order valence-electron chi connectivity index (χ0n) is 15.1. The molecule has 2 heterocycles. The Morgan fingerprint density at radius 1 is 1.31 bits per heavy atom. The van der Waals surface area contributed by atoms with Gasteiger partial charge in [0, 0.05) is 23.1 Å². The Hall–Kier alpha value is -2.51. The minimum Gasteiger partial charge on any atom is -0.491 e. The summed E-state index contributed by atoms with van der Waals surface area (Å²) in [5.41, 5.74) is 0.837. The number of fused-ring (bicyclic) bond motifs is 1. The third-order valence-corrected chi connectivity index (χ3v) is 4.20. The van der Waals surface area contributed by atoms with Crippen molar-refractivity contribution in [2.45, 2.75) is 46.7 Å². The summed E-state index contributed by atoms with van der Waals surface area (Å²) >= 11 is 0. The molecule has 0 spiro atoms. The predicted octanol–water partition coefficient (Wildman–Crippen LogP) is 3.83. The van der Waals surface area contributed by atoms with Gasteiger partial charge < -0.3 is 14.1 Å². The molecule has 140 valence electrons. The molecule has 1 aliphatic heterocycles. The van der Waals surface area contributed by atoms with Gasteiger partial charge in [0.1, 0.15) is 12.4 Å². The van der Waals surface area contributed by atoms with Crippen LogP contribution in [0.4, 0.5) is 8.78 Å². The van der Waals surface area contributed by atoms with Crippen LogP contribution in [0, 0.1) is 5.41 Å². The van der Waals surface area contributed by atoms with Gasteiger partial charge in [-0.15, -0.1) is 10.2 Å². The molecule has 8 heteroatoms. The van der Waals surface area contributed by atoms with Crippen molar-refractivity contribution < 1.29 is 22.7 Å². The number of carbonyl (C=O) groups is 1. The summed E-state index contributed by atoms with van der Waals surface area (Å²) in [4.78, 5) is 14.5. The molecule has 0 saturated carbocycles. The fraction of sp³-hybridized carbons (Fsp3) is 0.500. The van der Waals surface area contributed by atoms with E-state index in [0.717, 1.165) is 5.56 Å². The average Bonchev–Trinajstić information content (AvgIpc) is 3.01. The summed E-state index contributed by atoms with van der Waals surface area (Å²) in [6.45, 7) is 8.34. The molecule has 0 bridgehead atoms. The summed E-state index contributed by atoms with van der Waals surface area (Å²) in [7, 11) is 0. The molecule has 1 amide bonds. The maximum absolute atomic E-state index is 12.7. The normalized spacial score (nSPS) is 17.7. The molecule has 0 unspecified atom stereocenters. The van der Waals surface area contributed by atoms with Crippen LogP contribution < -0.4 is 4.74 Å². The topological polar surface area (TPSA) is 68.5 Å². The Balaban J connectivity index is 1.90. The molecular weight excluding hydrogens is 344 g/mol. The number of carbonyl (C=O) groups excluding carboxylic acids is 1. The summed E-state index contributed by atoms with van der Waals surface area (Å²) < 4.78 is 36.1. The first-order valence-corrected chi connectivity index (χ1v) is 8.35. The van der Waals surface area contributed by atoms with Crippen LogP contribution in [-0.2, 0) is 11.3 Å².